The number of hydrogen-bond acceptors (Lipinski definition) is 4. The summed E-state index contributed by atoms with van der Waals surface area (Å²) in [5.41, 5.74) is 8.40. The first kappa shape index (κ1) is 11.5. The van der Waals surface area contributed by atoms with Crippen LogP contribution in [0.4, 0.5) is 0 Å². The van der Waals surface area contributed by atoms with E-state index < -0.39 is 0 Å². The molecule has 0 unspecified atom stereocenters. The van der Waals surface area contributed by atoms with Crippen molar-refractivity contribution in [3.05, 3.63) is 53.6 Å². The maximum absolute atomic E-state index is 5.68. The normalized spacial score (nSPS) is 10.2. The van der Waals surface area contributed by atoms with Crippen LogP contribution in [0.2, 0.25) is 0 Å². The minimum absolute atomic E-state index is 0.417. The highest BCUT2D eigenvalue weighted by Gasteiger charge is 2.04. The summed E-state index contributed by atoms with van der Waals surface area (Å²) in [4.78, 5) is 8.43. The van der Waals surface area contributed by atoms with Gasteiger partial charge in [0, 0.05) is 18.9 Å². The summed E-state index contributed by atoms with van der Waals surface area (Å²) in [5.74, 6) is 0.779. The Kier molecular flexibility index (Phi) is 3.67. The van der Waals surface area contributed by atoms with E-state index in [0.717, 1.165) is 22.7 Å². The highest BCUT2D eigenvalue weighted by atomic mass is 16.5. The Morgan fingerprint density at radius 2 is 1.94 bits per heavy atom. The molecular weight excluding hydrogens is 214 g/mol. The smallest absolute Gasteiger partial charge is 0.141 e. The number of pyridine rings is 2. The molecule has 0 fully saturated rings. The van der Waals surface area contributed by atoms with E-state index >= 15 is 0 Å². The fourth-order valence-corrected chi connectivity index (χ4v) is 1.56. The van der Waals surface area contributed by atoms with Gasteiger partial charge in [0.2, 0.25) is 0 Å². The highest BCUT2D eigenvalue weighted by Crippen LogP contribution is 2.16. The van der Waals surface area contributed by atoms with Gasteiger partial charge in [-0.25, -0.2) is 0 Å². The minimum atomic E-state index is 0.417. The van der Waals surface area contributed by atoms with Crippen LogP contribution in [0.1, 0.15) is 17.0 Å². The van der Waals surface area contributed by atoms with Gasteiger partial charge in [-0.3, -0.25) is 9.97 Å². The van der Waals surface area contributed by atoms with Gasteiger partial charge in [-0.15, -0.1) is 0 Å². The number of ether oxygens (including phenoxy) is 1. The second-order valence-electron chi connectivity index (χ2n) is 3.69. The molecule has 0 radical (unpaired) electrons. The number of aryl methyl sites for hydroxylation is 1. The average molecular weight is 229 g/mol. The van der Waals surface area contributed by atoms with Gasteiger partial charge >= 0.3 is 0 Å². The van der Waals surface area contributed by atoms with E-state index in [9.17, 15) is 0 Å². The molecule has 0 aliphatic carbocycles. The van der Waals surface area contributed by atoms with Crippen molar-refractivity contribution in [2.75, 3.05) is 0 Å². The van der Waals surface area contributed by atoms with E-state index in [1.54, 1.807) is 12.4 Å². The van der Waals surface area contributed by atoms with Crippen LogP contribution >= 0.6 is 0 Å². The summed E-state index contributed by atoms with van der Waals surface area (Å²) >= 11 is 0. The molecule has 0 spiro atoms. The maximum atomic E-state index is 5.68. The fraction of sp³-hybridized carbons (Fsp3) is 0.231. The van der Waals surface area contributed by atoms with Crippen molar-refractivity contribution >= 4 is 0 Å². The summed E-state index contributed by atoms with van der Waals surface area (Å²) in [6.07, 6.45) is 3.49. The highest BCUT2D eigenvalue weighted by molar-refractivity contribution is 5.26. The van der Waals surface area contributed by atoms with E-state index in [2.05, 4.69) is 9.97 Å². The van der Waals surface area contributed by atoms with Crippen LogP contribution in [0, 0.1) is 6.92 Å². The van der Waals surface area contributed by atoms with Gasteiger partial charge < -0.3 is 10.5 Å². The first-order valence-electron chi connectivity index (χ1n) is 5.48. The van der Waals surface area contributed by atoms with Crippen LogP contribution in [-0.2, 0) is 13.2 Å². The Labute approximate surface area is 100 Å². The molecule has 0 aliphatic rings. The lowest BCUT2D eigenvalue weighted by Gasteiger charge is -2.09. The van der Waals surface area contributed by atoms with E-state index in [4.69, 9.17) is 10.5 Å². The molecule has 4 nitrogen and oxygen atoms in total. The van der Waals surface area contributed by atoms with Crippen molar-refractivity contribution in [3.8, 4) is 5.75 Å². The summed E-state index contributed by atoms with van der Waals surface area (Å²) in [5, 5.41) is 0. The van der Waals surface area contributed by atoms with Crippen molar-refractivity contribution in [2.45, 2.75) is 20.1 Å². The summed E-state index contributed by atoms with van der Waals surface area (Å²) in [7, 11) is 0. The lowest BCUT2D eigenvalue weighted by atomic mass is 10.2. The molecule has 0 aromatic carbocycles. The van der Waals surface area contributed by atoms with E-state index in [1.807, 2.05) is 31.2 Å². The lowest BCUT2D eigenvalue weighted by molar-refractivity contribution is 0.296. The van der Waals surface area contributed by atoms with Gasteiger partial charge in [0.05, 0.1) is 11.4 Å². The molecular formula is C13H15N3O. The molecule has 0 amide bonds. The largest absolute Gasteiger partial charge is 0.485 e. The second kappa shape index (κ2) is 5.41. The molecule has 2 heterocycles. The molecule has 2 rings (SSSR count). The first-order valence-corrected chi connectivity index (χ1v) is 5.48. The predicted molar refractivity (Wildman–Crippen MR) is 65.4 cm³/mol. The van der Waals surface area contributed by atoms with E-state index in [-0.39, 0.29) is 0 Å². The molecule has 0 bridgehead atoms. The number of hydrogen-bond donors (Lipinski definition) is 1. The maximum Gasteiger partial charge on any atom is 0.141 e. The zero-order valence-electron chi connectivity index (χ0n) is 9.76. The van der Waals surface area contributed by atoms with Crippen molar-refractivity contribution in [3.63, 3.8) is 0 Å². The van der Waals surface area contributed by atoms with Gasteiger partial charge in [-0.1, -0.05) is 6.07 Å². The zero-order valence-corrected chi connectivity index (χ0v) is 9.76. The van der Waals surface area contributed by atoms with Crippen LogP contribution in [0.5, 0.6) is 5.75 Å². The van der Waals surface area contributed by atoms with Gasteiger partial charge in [-0.05, 0) is 30.7 Å². The SMILES string of the molecule is Cc1ncccc1OCc1ncccc1CN. The monoisotopic (exact) mass is 229 g/mol. The molecule has 0 aliphatic heterocycles. The van der Waals surface area contributed by atoms with Gasteiger partial charge in [-0.2, -0.15) is 0 Å². The third kappa shape index (κ3) is 2.79. The Hall–Kier alpha value is -1.94. The Bertz CT molecular complexity index is 500. The molecule has 2 N–H and O–H groups in total. The number of aromatic nitrogens is 2. The van der Waals surface area contributed by atoms with Crippen molar-refractivity contribution in [2.24, 2.45) is 5.73 Å². The van der Waals surface area contributed by atoms with Crippen LogP contribution in [0.25, 0.3) is 0 Å². The third-order valence-corrected chi connectivity index (χ3v) is 2.53. The summed E-state index contributed by atoms with van der Waals surface area (Å²) in [6, 6.07) is 7.58. The number of nitrogens with two attached hydrogens (primary N) is 1. The van der Waals surface area contributed by atoms with Gasteiger partial charge in [0.1, 0.15) is 12.4 Å². The van der Waals surface area contributed by atoms with Crippen molar-refractivity contribution in [1.29, 1.82) is 0 Å². The molecule has 17 heavy (non-hydrogen) atoms. The first-order chi connectivity index (χ1) is 8.31. The molecule has 2 aromatic rings. The molecule has 2 aromatic heterocycles. The number of nitrogens with zero attached hydrogens (tertiary/aromatic N) is 2. The Morgan fingerprint density at radius 1 is 1.18 bits per heavy atom. The van der Waals surface area contributed by atoms with Gasteiger partial charge in [0.25, 0.3) is 0 Å². The summed E-state index contributed by atoms with van der Waals surface area (Å²) < 4.78 is 5.68. The fourth-order valence-electron chi connectivity index (χ4n) is 1.56. The van der Waals surface area contributed by atoms with Gasteiger partial charge in [0.15, 0.2) is 0 Å². The standard InChI is InChI=1S/C13H15N3O/c1-10-13(5-3-6-15-10)17-9-12-11(8-14)4-2-7-16-12/h2-7H,8-9,14H2,1H3. The third-order valence-electron chi connectivity index (χ3n) is 2.53. The Balaban J connectivity index is 2.10. The van der Waals surface area contributed by atoms with E-state index in [1.165, 1.54) is 0 Å². The molecule has 0 saturated carbocycles. The molecule has 88 valence electrons. The van der Waals surface area contributed by atoms with Crippen molar-refractivity contribution in [1.82, 2.24) is 9.97 Å². The quantitative estimate of drug-likeness (QED) is 0.868. The summed E-state index contributed by atoms with van der Waals surface area (Å²) in [6.45, 7) is 2.80. The second-order valence-corrected chi connectivity index (χ2v) is 3.69. The van der Waals surface area contributed by atoms with E-state index in [0.29, 0.717) is 13.2 Å². The molecule has 0 atom stereocenters. The number of rotatable bonds is 4. The minimum Gasteiger partial charge on any atom is -0.485 e. The van der Waals surface area contributed by atoms with Crippen molar-refractivity contribution < 1.29 is 4.74 Å². The lowest BCUT2D eigenvalue weighted by Crippen LogP contribution is -2.07. The average Bonchev–Trinajstić information content (AvgIpc) is 2.38. The molecule has 4 heteroatoms. The predicted octanol–water partition coefficient (Wildman–Crippen LogP) is 1.82. The topological polar surface area (TPSA) is 61.0 Å². The zero-order chi connectivity index (χ0) is 12.1. The van der Waals surface area contributed by atoms with Crippen LogP contribution in [-0.4, -0.2) is 9.97 Å². The van der Waals surface area contributed by atoms with Crippen LogP contribution in [0.15, 0.2) is 36.7 Å². The van der Waals surface area contributed by atoms with Crippen LogP contribution < -0.4 is 10.5 Å². The van der Waals surface area contributed by atoms with Crippen LogP contribution in [0.3, 0.4) is 0 Å². The molecule has 0 saturated heterocycles. The Morgan fingerprint density at radius 3 is 2.71 bits per heavy atom.